The van der Waals surface area contributed by atoms with Crippen molar-refractivity contribution >= 4 is 34.6 Å². The zero-order chi connectivity index (χ0) is 14.7. The van der Waals surface area contributed by atoms with Crippen molar-refractivity contribution in [3.63, 3.8) is 0 Å². The van der Waals surface area contributed by atoms with Gasteiger partial charge < -0.3 is 10.4 Å². The number of halogens is 1. The summed E-state index contributed by atoms with van der Waals surface area (Å²) in [6.07, 6.45) is 2.51. The number of rotatable bonds is 4. The van der Waals surface area contributed by atoms with E-state index in [1.54, 1.807) is 0 Å². The molecule has 0 spiro atoms. The molecule has 0 radical (unpaired) electrons. The number of aromatic carboxylic acids is 1. The molecule has 0 bridgehead atoms. The van der Waals surface area contributed by atoms with E-state index in [1.807, 2.05) is 0 Å². The van der Waals surface area contributed by atoms with Gasteiger partial charge in [-0.2, -0.15) is 0 Å². The molecule has 0 atom stereocenters. The standard InChI is InChI=1S/C12H8ClN3O4/c13-8-5-7(12(17)18)1-2-9(8)15-10-3-4-14-6-11(10)16(19)20/h1-6H,(H,14,15)(H,17,18). The average molecular weight is 294 g/mol. The molecular formula is C12H8ClN3O4. The number of aromatic nitrogens is 1. The number of nitro groups is 1. The predicted octanol–water partition coefficient (Wildman–Crippen LogP) is 3.09. The Bertz CT molecular complexity index is 690. The Kier molecular flexibility index (Phi) is 3.81. The fraction of sp³-hybridized carbons (Fsp3) is 0. The van der Waals surface area contributed by atoms with Crippen molar-refractivity contribution in [2.45, 2.75) is 0 Å². The zero-order valence-electron chi connectivity index (χ0n) is 9.91. The average Bonchev–Trinajstić information content (AvgIpc) is 2.41. The molecule has 2 aromatic rings. The van der Waals surface area contributed by atoms with Gasteiger partial charge in [0.05, 0.1) is 21.2 Å². The van der Waals surface area contributed by atoms with Gasteiger partial charge in [0.25, 0.3) is 0 Å². The summed E-state index contributed by atoms with van der Waals surface area (Å²) >= 11 is 5.94. The SMILES string of the molecule is O=C(O)c1ccc(Nc2ccncc2[N+](=O)[O-])c(Cl)c1. The van der Waals surface area contributed by atoms with Gasteiger partial charge in [-0.25, -0.2) is 4.79 Å². The van der Waals surface area contributed by atoms with E-state index in [0.717, 1.165) is 6.20 Å². The Hall–Kier alpha value is -2.67. The molecule has 0 amide bonds. The van der Waals surface area contributed by atoms with Gasteiger partial charge in [0, 0.05) is 6.20 Å². The van der Waals surface area contributed by atoms with E-state index in [4.69, 9.17) is 16.7 Å². The molecule has 2 rings (SSSR count). The lowest BCUT2D eigenvalue weighted by Gasteiger charge is -2.09. The molecule has 0 aliphatic heterocycles. The van der Waals surface area contributed by atoms with Crippen LogP contribution in [0, 0.1) is 10.1 Å². The third kappa shape index (κ3) is 2.83. The minimum absolute atomic E-state index is 0.0322. The number of carbonyl (C=O) groups is 1. The van der Waals surface area contributed by atoms with Gasteiger partial charge >= 0.3 is 11.7 Å². The largest absolute Gasteiger partial charge is 0.478 e. The van der Waals surface area contributed by atoms with Crippen molar-refractivity contribution in [3.05, 3.63) is 57.4 Å². The van der Waals surface area contributed by atoms with Crippen LogP contribution in [0.4, 0.5) is 17.1 Å². The number of benzene rings is 1. The summed E-state index contributed by atoms with van der Waals surface area (Å²) < 4.78 is 0. The van der Waals surface area contributed by atoms with E-state index in [-0.39, 0.29) is 22.0 Å². The predicted molar refractivity (Wildman–Crippen MR) is 72.6 cm³/mol. The second kappa shape index (κ2) is 5.54. The molecule has 0 aliphatic carbocycles. The first-order valence-electron chi connectivity index (χ1n) is 5.37. The van der Waals surface area contributed by atoms with Gasteiger partial charge in [0.1, 0.15) is 11.9 Å². The van der Waals surface area contributed by atoms with Gasteiger partial charge in [0.2, 0.25) is 0 Å². The van der Waals surface area contributed by atoms with Gasteiger partial charge in [-0.1, -0.05) is 11.6 Å². The molecular weight excluding hydrogens is 286 g/mol. The van der Waals surface area contributed by atoms with Crippen LogP contribution in [0.25, 0.3) is 0 Å². The number of carboxylic acid groups (broad SMARTS) is 1. The van der Waals surface area contributed by atoms with Gasteiger partial charge in [0.15, 0.2) is 0 Å². The molecule has 1 aromatic heterocycles. The quantitative estimate of drug-likeness (QED) is 0.663. The highest BCUT2D eigenvalue weighted by Crippen LogP contribution is 2.30. The summed E-state index contributed by atoms with van der Waals surface area (Å²) in [7, 11) is 0. The first-order valence-corrected chi connectivity index (χ1v) is 5.75. The second-order valence-electron chi connectivity index (χ2n) is 3.77. The monoisotopic (exact) mass is 293 g/mol. The molecule has 20 heavy (non-hydrogen) atoms. The summed E-state index contributed by atoms with van der Waals surface area (Å²) in [5, 5.41) is 22.6. The highest BCUT2D eigenvalue weighted by Gasteiger charge is 2.15. The Morgan fingerprint density at radius 2 is 2.10 bits per heavy atom. The number of hydrogen-bond donors (Lipinski definition) is 2. The minimum atomic E-state index is -1.10. The molecule has 0 saturated heterocycles. The number of anilines is 2. The number of nitrogens with one attached hydrogen (secondary N) is 1. The molecule has 102 valence electrons. The summed E-state index contributed by atoms with van der Waals surface area (Å²) in [4.78, 5) is 24.7. The van der Waals surface area contributed by atoms with Crippen LogP contribution < -0.4 is 5.32 Å². The van der Waals surface area contributed by atoms with Crippen molar-refractivity contribution < 1.29 is 14.8 Å². The molecule has 7 nitrogen and oxygen atoms in total. The van der Waals surface area contributed by atoms with Crippen LogP contribution in [0.1, 0.15) is 10.4 Å². The van der Waals surface area contributed by atoms with Crippen molar-refractivity contribution in [2.75, 3.05) is 5.32 Å². The van der Waals surface area contributed by atoms with Crippen LogP contribution in [0.15, 0.2) is 36.7 Å². The number of hydrogen-bond acceptors (Lipinski definition) is 5. The van der Waals surface area contributed by atoms with Crippen LogP contribution in [-0.2, 0) is 0 Å². The number of carboxylic acids is 1. The van der Waals surface area contributed by atoms with Crippen molar-refractivity contribution in [1.29, 1.82) is 0 Å². The van der Waals surface area contributed by atoms with E-state index < -0.39 is 10.9 Å². The van der Waals surface area contributed by atoms with E-state index in [0.29, 0.717) is 5.69 Å². The summed E-state index contributed by atoms with van der Waals surface area (Å²) in [6.45, 7) is 0. The highest BCUT2D eigenvalue weighted by atomic mass is 35.5. The highest BCUT2D eigenvalue weighted by molar-refractivity contribution is 6.33. The minimum Gasteiger partial charge on any atom is -0.478 e. The van der Waals surface area contributed by atoms with E-state index >= 15 is 0 Å². The molecule has 0 saturated carbocycles. The number of pyridine rings is 1. The second-order valence-corrected chi connectivity index (χ2v) is 4.18. The summed E-state index contributed by atoms with van der Waals surface area (Å²) in [5.41, 5.74) is 0.414. The normalized spacial score (nSPS) is 10.1. The van der Waals surface area contributed by atoms with Crippen LogP contribution in [-0.4, -0.2) is 21.0 Å². The van der Waals surface area contributed by atoms with Crippen LogP contribution >= 0.6 is 11.6 Å². The zero-order valence-corrected chi connectivity index (χ0v) is 10.7. The fourth-order valence-corrected chi connectivity index (χ4v) is 1.76. The smallest absolute Gasteiger partial charge is 0.335 e. The molecule has 8 heteroatoms. The third-order valence-corrected chi connectivity index (χ3v) is 2.79. The Labute approximate surface area is 118 Å². The first-order chi connectivity index (χ1) is 9.49. The number of nitrogens with zero attached hydrogens (tertiary/aromatic N) is 2. The van der Waals surface area contributed by atoms with E-state index in [9.17, 15) is 14.9 Å². The third-order valence-electron chi connectivity index (χ3n) is 2.48. The molecule has 0 aliphatic rings. The molecule has 2 N–H and O–H groups in total. The van der Waals surface area contributed by atoms with Crippen molar-refractivity contribution in [1.82, 2.24) is 4.98 Å². The lowest BCUT2D eigenvalue weighted by Crippen LogP contribution is -2.00. The van der Waals surface area contributed by atoms with Crippen molar-refractivity contribution in [2.24, 2.45) is 0 Å². The summed E-state index contributed by atoms with van der Waals surface area (Å²) in [6, 6.07) is 5.48. The van der Waals surface area contributed by atoms with Gasteiger partial charge in [-0.05, 0) is 24.3 Å². The van der Waals surface area contributed by atoms with E-state index in [2.05, 4.69) is 10.3 Å². The van der Waals surface area contributed by atoms with Crippen LogP contribution in [0.2, 0.25) is 5.02 Å². The lowest BCUT2D eigenvalue weighted by atomic mass is 10.2. The van der Waals surface area contributed by atoms with Crippen LogP contribution in [0.5, 0.6) is 0 Å². The van der Waals surface area contributed by atoms with Crippen molar-refractivity contribution in [3.8, 4) is 0 Å². The van der Waals surface area contributed by atoms with Gasteiger partial charge in [-0.3, -0.25) is 15.1 Å². The fourth-order valence-electron chi connectivity index (χ4n) is 1.53. The van der Waals surface area contributed by atoms with E-state index in [1.165, 1.54) is 30.5 Å². The van der Waals surface area contributed by atoms with Gasteiger partial charge in [-0.15, -0.1) is 0 Å². The maximum Gasteiger partial charge on any atom is 0.335 e. The molecule has 0 fully saturated rings. The Morgan fingerprint density at radius 1 is 1.35 bits per heavy atom. The molecule has 1 heterocycles. The summed E-state index contributed by atoms with van der Waals surface area (Å²) in [5.74, 6) is -1.10. The maximum absolute atomic E-state index is 10.9. The van der Waals surface area contributed by atoms with Crippen LogP contribution in [0.3, 0.4) is 0 Å². The molecule has 1 aromatic carbocycles. The Morgan fingerprint density at radius 3 is 2.70 bits per heavy atom. The maximum atomic E-state index is 10.9. The lowest BCUT2D eigenvalue weighted by molar-refractivity contribution is -0.384. The molecule has 0 unspecified atom stereocenters. The Balaban J connectivity index is 2.36. The first kappa shape index (κ1) is 13.8. The topological polar surface area (TPSA) is 105 Å².